The number of ether oxygens (including phenoxy) is 1. The minimum Gasteiger partial charge on any atom is -0.465 e. The lowest BCUT2D eigenvalue weighted by Crippen LogP contribution is -2.06. The summed E-state index contributed by atoms with van der Waals surface area (Å²) in [6, 6.07) is 6.85. The lowest BCUT2D eigenvalue weighted by Gasteiger charge is -2.04. The van der Waals surface area contributed by atoms with E-state index >= 15 is 0 Å². The molecule has 0 atom stereocenters. The Bertz CT molecular complexity index is 1060. The van der Waals surface area contributed by atoms with Crippen LogP contribution in [0.15, 0.2) is 30.5 Å². The topological polar surface area (TPSA) is 135 Å². The second kappa shape index (κ2) is 8.18. The number of methoxy groups -OCH3 is 1. The van der Waals surface area contributed by atoms with Crippen LogP contribution in [0.4, 0.5) is 11.8 Å². The Morgan fingerprint density at radius 3 is 2.64 bits per heavy atom. The normalized spacial score (nSPS) is 10.2. The number of carbonyl (C=O) groups excluding carboxylic acids is 1. The van der Waals surface area contributed by atoms with Gasteiger partial charge in [-0.2, -0.15) is 4.98 Å². The second-order valence-corrected chi connectivity index (χ2v) is 5.81. The Kier molecular flexibility index (Phi) is 5.50. The molecule has 28 heavy (non-hydrogen) atoms. The van der Waals surface area contributed by atoms with Crippen molar-refractivity contribution in [1.82, 2.24) is 25.0 Å². The summed E-state index contributed by atoms with van der Waals surface area (Å²) < 4.78 is 6.29. The number of benzene rings is 1. The molecule has 0 saturated heterocycles. The van der Waals surface area contributed by atoms with Crippen molar-refractivity contribution in [1.29, 1.82) is 0 Å². The Labute approximate surface area is 161 Å². The summed E-state index contributed by atoms with van der Waals surface area (Å²) in [5, 5.41) is 8.20. The molecule has 0 bridgehead atoms. The maximum absolute atomic E-state index is 11.5. The van der Waals surface area contributed by atoms with Crippen molar-refractivity contribution in [3.63, 3.8) is 0 Å². The van der Waals surface area contributed by atoms with E-state index in [9.17, 15) is 4.79 Å². The summed E-state index contributed by atoms with van der Waals surface area (Å²) in [5.41, 5.74) is 14.7. The average Bonchev–Trinajstić information content (AvgIpc) is 3.17. The number of nitrogens with two attached hydrogens (primary N) is 2. The third kappa shape index (κ3) is 4.07. The summed E-state index contributed by atoms with van der Waals surface area (Å²) in [5.74, 6) is 6.04. The Morgan fingerprint density at radius 2 is 1.96 bits per heavy atom. The van der Waals surface area contributed by atoms with E-state index < -0.39 is 5.97 Å². The third-order valence-electron chi connectivity index (χ3n) is 3.94. The van der Waals surface area contributed by atoms with Crippen molar-refractivity contribution in [3.05, 3.63) is 53.0 Å². The van der Waals surface area contributed by atoms with Gasteiger partial charge in [0.1, 0.15) is 5.82 Å². The Balaban J connectivity index is 1.75. The van der Waals surface area contributed by atoms with Gasteiger partial charge >= 0.3 is 5.97 Å². The highest BCUT2D eigenvalue weighted by Gasteiger charge is 2.08. The summed E-state index contributed by atoms with van der Waals surface area (Å²) in [4.78, 5) is 19.6. The molecule has 0 radical (unpaired) electrons. The predicted molar refractivity (Wildman–Crippen MR) is 104 cm³/mol. The van der Waals surface area contributed by atoms with E-state index in [0.717, 1.165) is 5.69 Å². The molecule has 2 aromatic heterocycles. The van der Waals surface area contributed by atoms with Gasteiger partial charge in [0.05, 0.1) is 47.9 Å². The highest BCUT2D eigenvalue weighted by molar-refractivity contribution is 5.89. The van der Waals surface area contributed by atoms with Crippen LogP contribution in [0.2, 0.25) is 0 Å². The minimum absolute atomic E-state index is 0.140. The molecule has 0 aliphatic rings. The first-order valence-electron chi connectivity index (χ1n) is 8.52. The lowest BCUT2D eigenvalue weighted by molar-refractivity contribution is 0.0600. The number of aryl methyl sites for hydroxylation is 1. The van der Waals surface area contributed by atoms with Gasteiger partial charge in [0, 0.05) is 0 Å². The smallest absolute Gasteiger partial charge is 0.337 e. The van der Waals surface area contributed by atoms with Gasteiger partial charge in [-0.15, -0.1) is 5.10 Å². The van der Waals surface area contributed by atoms with Crippen LogP contribution in [0, 0.1) is 11.8 Å². The van der Waals surface area contributed by atoms with Crippen molar-refractivity contribution < 1.29 is 9.53 Å². The molecule has 0 spiro atoms. The van der Waals surface area contributed by atoms with Gasteiger partial charge in [0.15, 0.2) is 0 Å². The standard InChI is InChI=1S/C19H19N7O2/c1-3-16-15(17(20)23-19(21)22-16)6-4-5-13-11-26(25-24-13)14-9-7-12(8-10-14)18(27)28-2/h7-11H,3,5H2,1-2H3,(H4,20,21,22,23). The summed E-state index contributed by atoms with van der Waals surface area (Å²) in [7, 11) is 1.34. The van der Waals surface area contributed by atoms with Gasteiger partial charge in [-0.25, -0.2) is 14.5 Å². The van der Waals surface area contributed by atoms with Crippen LogP contribution in [-0.4, -0.2) is 38.0 Å². The number of anilines is 2. The van der Waals surface area contributed by atoms with E-state index in [1.165, 1.54) is 7.11 Å². The zero-order valence-electron chi connectivity index (χ0n) is 15.5. The van der Waals surface area contributed by atoms with Crippen LogP contribution in [0.5, 0.6) is 0 Å². The maximum atomic E-state index is 11.5. The van der Waals surface area contributed by atoms with Crippen molar-refractivity contribution in [2.45, 2.75) is 19.8 Å². The van der Waals surface area contributed by atoms with E-state index in [-0.39, 0.29) is 11.8 Å². The van der Waals surface area contributed by atoms with Gasteiger partial charge < -0.3 is 16.2 Å². The Morgan fingerprint density at radius 1 is 1.21 bits per heavy atom. The number of rotatable bonds is 4. The number of esters is 1. The maximum Gasteiger partial charge on any atom is 0.337 e. The number of nitrogens with zero attached hydrogens (tertiary/aromatic N) is 5. The van der Waals surface area contributed by atoms with Crippen molar-refractivity contribution >= 4 is 17.7 Å². The molecule has 0 aliphatic heterocycles. The highest BCUT2D eigenvalue weighted by atomic mass is 16.5. The fourth-order valence-electron chi connectivity index (χ4n) is 2.54. The van der Waals surface area contributed by atoms with Crippen LogP contribution in [0.3, 0.4) is 0 Å². The molecular formula is C19H19N7O2. The van der Waals surface area contributed by atoms with Crippen LogP contribution in [0.1, 0.15) is 34.2 Å². The van der Waals surface area contributed by atoms with Gasteiger partial charge in [-0.3, -0.25) is 0 Å². The predicted octanol–water partition coefficient (Wildman–Crippen LogP) is 1.16. The number of hydrogen-bond acceptors (Lipinski definition) is 8. The largest absolute Gasteiger partial charge is 0.465 e. The van der Waals surface area contributed by atoms with Crippen molar-refractivity contribution in [2.75, 3.05) is 18.6 Å². The Hall–Kier alpha value is -3.93. The molecule has 142 valence electrons. The highest BCUT2D eigenvalue weighted by Crippen LogP contribution is 2.14. The van der Waals surface area contributed by atoms with E-state index in [1.54, 1.807) is 35.1 Å². The first-order chi connectivity index (χ1) is 13.5. The molecule has 0 fully saturated rings. The molecule has 3 aromatic rings. The SMILES string of the molecule is CCc1nc(N)nc(N)c1C#CCc1cn(-c2ccc(C(=O)OC)cc2)nn1. The first kappa shape index (κ1) is 18.8. The van der Waals surface area contributed by atoms with Crippen LogP contribution >= 0.6 is 0 Å². The molecule has 0 aliphatic carbocycles. The first-order valence-corrected chi connectivity index (χ1v) is 8.52. The number of hydrogen-bond donors (Lipinski definition) is 2. The second-order valence-electron chi connectivity index (χ2n) is 5.81. The van der Waals surface area contributed by atoms with Gasteiger partial charge in [0.25, 0.3) is 0 Å². The quantitative estimate of drug-likeness (QED) is 0.511. The minimum atomic E-state index is -0.390. The molecule has 0 saturated carbocycles. The molecule has 0 amide bonds. The van der Waals surface area contributed by atoms with Gasteiger partial charge in [0.2, 0.25) is 5.95 Å². The van der Waals surface area contributed by atoms with Gasteiger partial charge in [-0.05, 0) is 30.7 Å². The fourth-order valence-corrected chi connectivity index (χ4v) is 2.54. The van der Waals surface area contributed by atoms with Crippen molar-refractivity contribution in [3.8, 4) is 17.5 Å². The van der Waals surface area contributed by atoms with E-state index in [2.05, 4.69) is 36.9 Å². The third-order valence-corrected chi connectivity index (χ3v) is 3.94. The summed E-state index contributed by atoms with van der Waals surface area (Å²) in [6.45, 7) is 1.95. The van der Waals surface area contributed by atoms with Crippen molar-refractivity contribution in [2.24, 2.45) is 0 Å². The lowest BCUT2D eigenvalue weighted by atomic mass is 10.1. The zero-order valence-corrected chi connectivity index (χ0v) is 15.5. The number of aromatic nitrogens is 5. The number of carbonyl (C=O) groups is 1. The van der Waals surface area contributed by atoms with E-state index in [4.69, 9.17) is 11.5 Å². The molecule has 2 heterocycles. The van der Waals surface area contributed by atoms with Crippen LogP contribution in [-0.2, 0) is 17.6 Å². The monoisotopic (exact) mass is 377 g/mol. The van der Waals surface area contributed by atoms with Crippen LogP contribution < -0.4 is 11.5 Å². The van der Waals surface area contributed by atoms with Gasteiger partial charge in [-0.1, -0.05) is 24.0 Å². The fraction of sp³-hybridized carbons (Fsp3) is 0.211. The summed E-state index contributed by atoms with van der Waals surface area (Å²) >= 11 is 0. The molecule has 1 aromatic carbocycles. The van der Waals surface area contributed by atoms with E-state index in [1.807, 2.05) is 6.92 Å². The molecule has 4 N–H and O–H groups in total. The molecular weight excluding hydrogens is 358 g/mol. The molecule has 3 rings (SSSR count). The molecule has 9 heteroatoms. The summed E-state index contributed by atoms with van der Waals surface area (Å²) in [6.07, 6.45) is 2.80. The van der Waals surface area contributed by atoms with Crippen LogP contribution in [0.25, 0.3) is 5.69 Å². The molecule has 0 unspecified atom stereocenters. The zero-order chi connectivity index (χ0) is 20.1. The molecule has 9 nitrogen and oxygen atoms in total. The number of nitrogen functional groups attached to an aromatic ring is 2. The average molecular weight is 377 g/mol. The van der Waals surface area contributed by atoms with E-state index in [0.29, 0.717) is 35.4 Å².